The Morgan fingerprint density at radius 2 is 1.68 bits per heavy atom. The van der Waals surface area contributed by atoms with E-state index in [1.807, 2.05) is 86.6 Å². The fourth-order valence-corrected chi connectivity index (χ4v) is 2.72. The van der Waals surface area contributed by atoms with E-state index in [1.54, 1.807) is 10.8 Å². The number of nitrogens with zero attached hydrogens (tertiary/aromatic N) is 2. The molecular formula is C23H21N3O2. The van der Waals surface area contributed by atoms with Gasteiger partial charge in [-0.25, -0.2) is 0 Å². The lowest BCUT2D eigenvalue weighted by atomic mass is 10.1. The number of nitrogens with one attached hydrogen (secondary N) is 1. The summed E-state index contributed by atoms with van der Waals surface area (Å²) in [6.07, 6.45) is 1.56. The van der Waals surface area contributed by atoms with Gasteiger partial charge in [-0.15, -0.1) is 0 Å². The Kier molecular flexibility index (Phi) is 5.93. The smallest absolute Gasteiger partial charge is 0.280 e. The van der Waals surface area contributed by atoms with Gasteiger partial charge >= 0.3 is 0 Å². The van der Waals surface area contributed by atoms with Gasteiger partial charge in [0, 0.05) is 11.4 Å². The minimum absolute atomic E-state index is 0.0328. The number of carbonyl (C=O) groups is 1. The molecule has 1 aromatic heterocycles. The number of hydrogen-bond acceptors (Lipinski definition) is 3. The van der Waals surface area contributed by atoms with Crippen molar-refractivity contribution in [1.82, 2.24) is 4.68 Å². The molecule has 1 amide bonds. The molecule has 28 heavy (non-hydrogen) atoms. The van der Waals surface area contributed by atoms with E-state index >= 15 is 0 Å². The molecule has 3 aromatic rings. The highest BCUT2D eigenvalue weighted by molar-refractivity contribution is 6.06. The topological polar surface area (TPSA) is 67.0 Å². The molecule has 0 fully saturated rings. The Labute approximate surface area is 164 Å². The number of aryl methyl sites for hydroxylation is 2. The molecule has 1 N–H and O–H groups in total. The van der Waals surface area contributed by atoms with Crippen molar-refractivity contribution in [2.45, 2.75) is 20.5 Å². The fourth-order valence-electron chi connectivity index (χ4n) is 2.72. The van der Waals surface area contributed by atoms with E-state index in [-0.39, 0.29) is 5.57 Å². The first-order valence-electron chi connectivity index (χ1n) is 8.91. The van der Waals surface area contributed by atoms with E-state index in [0.717, 1.165) is 28.3 Å². The quantitative estimate of drug-likeness (QED) is 0.517. The molecule has 0 saturated carbocycles. The summed E-state index contributed by atoms with van der Waals surface area (Å²) < 4.78 is 7.41. The molecule has 0 spiro atoms. The zero-order valence-corrected chi connectivity index (χ0v) is 15.8. The van der Waals surface area contributed by atoms with Crippen molar-refractivity contribution in [2.24, 2.45) is 0 Å². The molecule has 5 heteroatoms. The van der Waals surface area contributed by atoms with Gasteiger partial charge in [-0.1, -0.05) is 42.5 Å². The van der Waals surface area contributed by atoms with Crippen molar-refractivity contribution in [3.05, 3.63) is 94.8 Å². The molecule has 0 unspecified atom stereocenters. The highest BCUT2D eigenvalue weighted by atomic mass is 16.5. The molecule has 0 aliphatic carbocycles. The number of hydrogen-bond donors (Lipinski definition) is 1. The molecule has 0 radical (unpaired) electrons. The highest BCUT2D eigenvalue weighted by Gasteiger charge is 2.11. The minimum atomic E-state index is -0.450. The second kappa shape index (κ2) is 8.74. The third kappa shape index (κ3) is 4.68. The predicted molar refractivity (Wildman–Crippen MR) is 109 cm³/mol. The number of rotatable bonds is 6. The van der Waals surface area contributed by atoms with Crippen LogP contribution in [-0.4, -0.2) is 10.6 Å². The molecule has 2 aromatic carbocycles. The van der Waals surface area contributed by atoms with Crippen molar-refractivity contribution in [1.29, 1.82) is 5.26 Å². The van der Waals surface area contributed by atoms with Gasteiger partial charge in [-0.05, 0) is 55.3 Å². The summed E-state index contributed by atoms with van der Waals surface area (Å²) in [6, 6.07) is 23.0. The second-order valence-electron chi connectivity index (χ2n) is 6.41. The molecule has 5 nitrogen and oxygen atoms in total. The van der Waals surface area contributed by atoms with Gasteiger partial charge in [-0.2, -0.15) is 5.26 Å². The average Bonchev–Trinajstić information content (AvgIpc) is 3.04. The molecule has 0 bridgehead atoms. The molecule has 3 rings (SSSR count). The number of amides is 1. The van der Waals surface area contributed by atoms with Crippen molar-refractivity contribution in [2.75, 3.05) is 5.43 Å². The predicted octanol–water partition coefficient (Wildman–Crippen LogP) is 4.36. The minimum Gasteiger partial charge on any atom is -0.489 e. The molecule has 1 heterocycles. The number of benzene rings is 2. The van der Waals surface area contributed by atoms with Gasteiger partial charge in [0.25, 0.3) is 5.91 Å². The first kappa shape index (κ1) is 19.0. The summed E-state index contributed by atoms with van der Waals surface area (Å²) in [5.41, 5.74) is 6.40. The lowest BCUT2D eigenvalue weighted by Crippen LogP contribution is -2.25. The zero-order valence-electron chi connectivity index (χ0n) is 15.8. The SMILES string of the molecule is Cc1ccc(C)n1NC(=O)/C(C#N)=C\c1ccc(OCc2ccccc2)cc1. The van der Waals surface area contributed by atoms with E-state index in [4.69, 9.17) is 4.74 Å². The van der Waals surface area contributed by atoms with Crippen LogP contribution in [0.3, 0.4) is 0 Å². The van der Waals surface area contributed by atoms with Crippen molar-refractivity contribution in [3.8, 4) is 11.8 Å². The molecule has 0 aliphatic rings. The van der Waals surface area contributed by atoms with Crippen molar-refractivity contribution in [3.63, 3.8) is 0 Å². The molecular weight excluding hydrogens is 350 g/mol. The molecule has 0 saturated heterocycles. The first-order chi connectivity index (χ1) is 13.6. The Balaban J connectivity index is 1.67. The standard InChI is InChI=1S/C23H21N3O2/c1-17-8-9-18(2)26(17)25-23(27)21(15-24)14-19-10-12-22(13-11-19)28-16-20-6-4-3-5-7-20/h3-14H,16H2,1-2H3,(H,25,27)/b21-14-. The second-order valence-corrected chi connectivity index (χ2v) is 6.41. The van der Waals surface area contributed by atoms with Crippen LogP contribution < -0.4 is 10.2 Å². The van der Waals surface area contributed by atoms with Crippen LogP contribution in [0, 0.1) is 25.2 Å². The van der Waals surface area contributed by atoms with Crippen molar-refractivity contribution < 1.29 is 9.53 Å². The Morgan fingerprint density at radius 1 is 1.04 bits per heavy atom. The Hall–Kier alpha value is -3.78. The van der Waals surface area contributed by atoms with Gasteiger partial charge in [0.2, 0.25) is 0 Å². The van der Waals surface area contributed by atoms with Crippen LogP contribution >= 0.6 is 0 Å². The van der Waals surface area contributed by atoms with Crippen LogP contribution in [0.15, 0.2) is 72.3 Å². The van der Waals surface area contributed by atoms with Crippen molar-refractivity contribution >= 4 is 12.0 Å². The van der Waals surface area contributed by atoms with Gasteiger partial charge in [0.1, 0.15) is 24.0 Å². The number of ether oxygens (including phenoxy) is 1. The zero-order chi connectivity index (χ0) is 19.9. The summed E-state index contributed by atoms with van der Waals surface area (Å²) in [6.45, 7) is 4.26. The van der Waals surface area contributed by atoms with Gasteiger partial charge in [0.05, 0.1) is 0 Å². The Morgan fingerprint density at radius 3 is 2.29 bits per heavy atom. The summed E-state index contributed by atoms with van der Waals surface area (Å²) >= 11 is 0. The summed E-state index contributed by atoms with van der Waals surface area (Å²) in [5.74, 6) is 0.275. The lowest BCUT2D eigenvalue weighted by molar-refractivity contribution is -0.113. The maximum atomic E-state index is 12.4. The third-order valence-corrected chi connectivity index (χ3v) is 4.29. The van der Waals surface area contributed by atoms with E-state index in [0.29, 0.717) is 6.61 Å². The maximum absolute atomic E-state index is 12.4. The molecule has 140 valence electrons. The number of carbonyl (C=O) groups excluding carboxylic acids is 1. The van der Waals surface area contributed by atoms with E-state index in [1.165, 1.54) is 0 Å². The van der Waals surface area contributed by atoms with E-state index < -0.39 is 5.91 Å². The van der Waals surface area contributed by atoms with Crippen LogP contribution in [0.1, 0.15) is 22.5 Å². The molecule has 0 aliphatic heterocycles. The van der Waals surface area contributed by atoms with Gasteiger partial charge < -0.3 is 4.74 Å². The highest BCUT2D eigenvalue weighted by Crippen LogP contribution is 2.16. The lowest BCUT2D eigenvalue weighted by Gasteiger charge is -2.10. The summed E-state index contributed by atoms with van der Waals surface area (Å²) in [5, 5.41) is 9.38. The summed E-state index contributed by atoms with van der Waals surface area (Å²) in [7, 11) is 0. The van der Waals surface area contributed by atoms with Crippen LogP contribution in [-0.2, 0) is 11.4 Å². The average molecular weight is 371 g/mol. The maximum Gasteiger partial charge on any atom is 0.280 e. The van der Waals surface area contributed by atoms with Crippen LogP contribution in [0.4, 0.5) is 0 Å². The van der Waals surface area contributed by atoms with Crippen LogP contribution in [0.2, 0.25) is 0 Å². The largest absolute Gasteiger partial charge is 0.489 e. The van der Waals surface area contributed by atoms with E-state index in [2.05, 4.69) is 5.43 Å². The van der Waals surface area contributed by atoms with Crippen LogP contribution in [0.5, 0.6) is 5.75 Å². The van der Waals surface area contributed by atoms with E-state index in [9.17, 15) is 10.1 Å². The van der Waals surface area contributed by atoms with Crippen LogP contribution in [0.25, 0.3) is 6.08 Å². The number of aromatic nitrogens is 1. The normalized spacial score (nSPS) is 11.0. The van der Waals surface area contributed by atoms with Gasteiger partial charge in [-0.3, -0.25) is 14.9 Å². The van der Waals surface area contributed by atoms with Gasteiger partial charge in [0.15, 0.2) is 0 Å². The Bertz CT molecular complexity index is 1010. The number of nitriles is 1. The third-order valence-electron chi connectivity index (χ3n) is 4.29. The fraction of sp³-hybridized carbons (Fsp3) is 0.130. The monoisotopic (exact) mass is 371 g/mol. The summed E-state index contributed by atoms with van der Waals surface area (Å²) in [4.78, 5) is 12.4. The first-order valence-corrected chi connectivity index (χ1v) is 8.91. The molecule has 0 atom stereocenters.